The Labute approximate surface area is 134 Å². The summed E-state index contributed by atoms with van der Waals surface area (Å²) in [5.41, 5.74) is -1.18. The SMILES string of the molecule is CCOc1cc(-c2nc(Br)c(C(F)(F)F)[nH]2)c(F)cc1Br. The van der Waals surface area contributed by atoms with Crippen molar-refractivity contribution in [3.05, 3.63) is 32.7 Å². The molecule has 1 aromatic heterocycles. The molecule has 1 N–H and O–H groups in total. The van der Waals surface area contributed by atoms with Crippen molar-refractivity contribution < 1.29 is 22.3 Å². The van der Waals surface area contributed by atoms with Crippen LogP contribution in [0.2, 0.25) is 0 Å². The van der Waals surface area contributed by atoms with E-state index in [0.29, 0.717) is 16.8 Å². The molecule has 9 heteroatoms. The molecule has 0 aliphatic heterocycles. The van der Waals surface area contributed by atoms with Gasteiger partial charge >= 0.3 is 6.18 Å². The number of hydrogen-bond acceptors (Lipinski definition) is 2. The fourth-order valence-electron chi connectivity index (χ4n) is 1.64. The van der Waals surface area contributed by atoms with Gasteiger partial charge in [0.05, 0.1) is 16.6 Å². The molecule has 0 atom stereocenters. The van der Waals surface area contributed by atoms with Crippen molar-refractivity contribution in [2.75, 3.05) is 6.61 Å². The van der Waals surface area contributed by atoms with Crippen molar-refractivity contribution in [2.45, 2.75) is 13.1 Å². The first kappa shape index (κ1) is 16.3. The predicted octanol–water partition coefficient (Wildman–Crippen LogP) is 5.16. The van der Waals surface area contributed by atoms with Crippen LogP contribution in [-0.2, 0) is 6.18 Å². The Balaban J connectivity index is 2.54. The fraction of sp³-hybridized carbons (Fsp3) is 0.250. The van der Waals surface area contributed by atoms with E-state index in [-0.39, 0.29) is 11.4 Å². The number of aromatic nitrogens is 2. The van der Waals surface area contributed by atoms with E-state index >= 15 is 0 Å². The van der Waals surface area contributed by atoms with Crippen molar-refractivity contribution in [3.8, 4) is 17.1 Å². The number of halogens is 6. The molecule has 21 heavy (non-hydrogen) atoms. The Morgan fingerprint density at radius 1 is 1.29 bits per heavy atom. The number of imidazole rings is 1. The number of H-pyrrole nitrogens is 1. The quantitative estimate of drug-likeness (QED) is 0.681. The van der Waals surface area contributed by atoms with E-state index in [9.17, 15) is 17.6 Å². The van der Waals surface area contributed by atoms with Gasteiger partial charge in [-0.1, -0.05) is 0 Å². The molecule has 0 unspecified atom stereocenters. The third-order valence-electron chi connectivity index (χ3n) is 2.52. The van der Waals surface area contributed by atoms with Gasteiger partial charge in [0.1, 0.15) is 22.0 Å². The Kier molecular flexibility index (Phi) is 4.62. The summed E-state index contributed by atoms with van der Waals surface area (Å²) in [5, 5.41) is 0. The van der Waals surface area contributed by atoms with Gasteiger partial charge in [0.25, 0.3) is 0 Å². The van der Waals surface area contributed by atoms with Crippen molar-refractivity contribution in [1.29, 1.82) is 0 Å². The zero-order valence-corrected chi connectivity index (χ0v) is 13.7. The molecule has 2 rings (SSSR count). The average molecular weight is 432 g/mol. The van der Waals surface area contributed by atoms with Gasteiger partial charge in [0.2, 0.25) is 0 Å². The van der Waals surface area contributed by atoms with Crippen LogP contribution in [0, 0.1) is 5.82 Å². The van der Waals surface area contributed by atoms with Crippen LogP contribution in [0.1, 0.15) is 12.6 Å². The van der Waals surface area contributed by atoms with E-state index < -0.39 is 22.3 Å². The first-order valence-corrected chi connectivity index (χ1v) is 7.27. The summed E-state index contributed by atoms with van der Waals surface area (Å²) in [5.74, 6) is -0.643. The van der Waals surface area contributed by atoms with Crippen molar-refractivity contribution in [3.63, 3.8) is 0 Å². The van der Waals surface area contributed by atoms with Crippen LogP contribution >= 0.6 is 31.9 Å². The Morgan fingerprint density at radius 2 is 1.95 bits per heavy atom. The molecule has 0 spiro atoms. The molecule has 0 aliphatic carbocycles. The summed E-state index contributed by atoms with van der Waals surface area (Å²) in [4.78, 5) is 5.74. The minimum atomic E-state index is -4.61. The number of benzene rings is 1. The summed E-state index contributed by atoms with van der Waals surface area (Å²) in [6.07, 6.45) is -4.61. The summed E-state index contributed by atoms with van der Waals surface area (Å²) in [6, 6.07) is 2.40. The van der Waals surface area contributed by atoms with Gasteiger partial charge in [-0.2, -0.15) is 13.2 Å². The van der Waals surface area contributed by atoms with Gasteiger partial charge in [0.15, 0.2) is 5.69 Å². The van der Waals surface area contributed by atoms with Gasteiger partial charge in [-0.25, -0.2) is 9.37 Å². The molecule has 1 heterocycles. The van der Waals surface area contributed by atoms with E-state index in [0.717, 1.165) is 6.07 Å². The second-order valence-electron chi connectivity index (χ2n) is 3.94. The highest BCUT2D eigenvalue weighted by Gasteiger charge is 2.36. The predicted molar refractivity (Wildman–Crippen MR) is 75.6 cm³/mol. The number of ether oxygens (including phenoxy) is 1. The minimum Gasteiger partial charge on any atom is -0.493 e. The molecule has 0 aliphatic rings. The number of nitrogens with one attached hydrogen (secondary N) is 1. The molecule has 0 saturated carbocycles. The third-order valence-corrected chi connectivity index (χ3v) is 3.71. The molecular weight excluding hydrogens is 424 g/mol. The van der Waals surface area contributed by atoms with Crippen LogP contribution in [0.4, 0.5) is 17.6 Å². The van der Waals surface area contributed by atoms with E-state index in [2.05, 4.69) is 41.8 Å². The number of aromatic amines is 1. The van der Waals surface area contributed by atoms with Gasteiger partial charge < -0.3 is 9.72 Å². The van der Waals surface area contributed by atoms with Gasteiger partial charge in [-0.15, -0.1) is 0 Å². The monoisotopic (exact) mass is 430 g/mol. The second-order valence-corrected chi connectivity index (χ2v) is 5.55. The van der Waals surface area contributed by atoms with Crippen LogP contribution in [0.15, 0.2) is 21.2 Å². The molecule has 1 aromatic carbocycles. The summed E-state index contributed by atoms with van der Waals surface area (Å²) in [6.45, 7) is 2.07. The lowest BCUT2D eigenvalue weighted by Gasteiger charge is -2.08. The average Bonchev–Trinajstić information content (AvgIpc) is 2.74. The first-order chi connectivity index (χ1) is 9.74. The Morgan fingerprint density at radius 3 is 2.48 bits per heavy atom. The molecule has 2 aromatic rings. The van der Waals surface area contributed by atoms with E-state index in [1.54, 1.807) is 6.92 Å². The van der Waals surface area contributed by atoms with Crippen LogP contribution in [-0.4, -0.2) is 16.6 Å². The zero-order valence-electron chi connectivity index (χ0n) is 10.5. The number of rotatable bonds is 3. The highest BCUT2D eigenvalue weighted by atomic mass is 79.9. The summed E-state index contributed by atoms with van der Waals surface area (Å²) < 4.78 is 57.3. The topological polar surface area (TPSA) is 37.9 Å². The van der Waals surface area contributed by atoms with Crippen molar-refractivity contribution in [1.82, 2.24) is 9.97 Å². The maximum Gasteiger partial charge on any atom is 0.433 e. The molecule has 0 bridgehead atoms. The summed E-state index contributed by atoms with van der Waals surface area (Å²) in [7, 11) is 0. The third kappa shape index (κ3) is 3.39. The smallest absolute Gasteiger partial charge is 0.433 e. The molecule has 0 amide bonds. The maximum atomic E-state index is 14.0. The Hall–Kier alpha value is -1.09. The standard InChI is InChI=1S/C12H8Br2F4N2O/c1-2-21-8-3-5(7(15)4-6(8)13)11-19-9(10(14)20-11)12(16,17)18/h3-4H,2H2,1H3,(H,19,20). The largest absolute Gasteiger partial charge is 0.493 e. The van der Waals surface area contributed by atoms with E-state index in [1.165, 1.54) is 6.07 Å². The molecule has 3 nitrogen and oxygen atoms in total. The van der Waals surface area contributed by atoms with E-state index in [1.807, 2.05) is 0 Å². The van der Waals surface area contributed by atoms with Crippen LogP contribution in [0.5, 0.6) is 5.75 Å². The lowest BCUT2D eigenvalue weighted by molar-refractivity contribution is -0.141. The first-order valence-electron chi connectivity index (χ1n) is 5.69. The molecule has 0 fully saturated rings. The molecule has 114 valence electrons. The minimum absolute atomic E-state index is 0.113. The van der Waals surface area contributed by atoms with Crippen molar-refractivity contribution in [2.24, 2.45) is 0 Å². The van der Waals surface area contributed by atoms with Gasteiger partial charge in [-0.3, -0.25) is 0 Å². The Bertz CT molecular complexity index is 670. The fourth-order valence-corrected chi connectivity index (χ4v) is 2.58. The van der Waals surface area contributed by atoms with E-state index in [4.69, 9.17) is 4.74 Å². The van der Waals surface area contributed by atoms with Crippen LogP contribution in [0.3, 0.4) is 0 Å². The second kappa shape index (κ2) is 5.96. The van der Waals surface area contributed by atoms with Crippen molar-refractivity contribution >= 4 is 31.9 Å². The molecular formula is C12H8Br2F4N2O. The molecule has 0 saturated heterocycles. The van der Waals surface area contributed by atoms with Crippen LogP contribution in [0.25, 0.3) is 11.4 Å². The molecule has 0 radical (unpaired) electrons. The number of alkyl halides is 3. The van der Waals surface area contributed by atoms with Crippen LogP contribution < -0.4 is 4.74 Å². The number of nitrogens with zero attached hydrogens (tertiary/aromatic N) is 1. The highest BCUT2D eigenvalue weighted by Crippen LogP contribution is 2.37. The number of hydrogen-bond donors (Lipinski definition) is 1. The highest BCUT2D eigenvalue weighted by molar-refractivity contribution is 9.10. The normalized spacial score (nSPS) is 11.8. The lowest BCUT2D eigenvalue weighted by atomic mass is 10.2. The zero-order chi connectivity index (χ0) is 15.8. The van der Waals surface area contributed by atoms with Gasteiger partial charge in [-0.05, 0) is 50.9 Å². The summed E-state index contributed by atoms with van der Waals surface area (Å²) >= 11 is 5.83. The lowest BCUT2D eigenvalue weighted by Crippen LogP contribution is -2.06. The van der Waals surface area contributed by atoms with Gasteiger partial charge in [0, 0.05) is 0 Å². The maximum absolute atomic E-state index is 14.0.